The van der Waals surface area contributed by atoms with Crippen molar-refractivity contribution < 1.29 is 14.3 Å². The summed E-state index contributed by atoms with van der Waals surface area (Å²) in [4.78, 5) is 26.9. The second-order valence-electron chi connectivity index (χ2n) is 8.04. The van der Waals surface area contributed by atoms with Crippen molar-refractivity contribution in [2.75, 3.05) is 26.8 Å². The fraction of sp³-hybridized carbons (Fsp3) is 0.800. The molecule has 1 saturated heterocycles. The van der Waals surface area contributed by atoms with Gasteiger partial charge in [-0.2, -0.15) is 0 Å². The lowest BCUT2D eigenvalue weighted by Gasteiger charge is -2.35. The van der Waals surface area contributed by atoms with Gasteiger partial charge in [0, 0.05) is 39.8 Å². The average molecular weight is 392 g/mol. The van der Waals surface area contributed by atoms with Crippen molar-refractivity contribution in [3.63, 3.8) is 0 Å². The molecule has 1 aromatic rings. The second kappa shape index (κ2) is 10.5. The lowest BCUT2D eigenvalue weighted by molar-refractivity contribution is -0.139. The molecule has 3 rings (SSSR count). The van der Waals surface area contributed by atoms with Crippen molar-refractivity contribution in [1.29, 1.82) is 0 Å². The van der Waals surface area contributed by atoms with Crippen LogP contribution in [0.4, 0.5) is 0 Å². The van der Waals surface area contributed by atoms with E-state index in [0.717, 1.165) is 25.3 Å². The highest BCUT2D eigenvalue weighted by Gasteiger charge is 2.31. The lowest BCUT2D eigenvalue weighted by atomic mass is 9.87. The Labute approximate surface area is 167 Å². The molecule has 1 aliphatic heterocycles. The Morgan fingerprint density at radius 3 is 2.89 bits per heavy atom. The van der Waals surface area contributed by atoms with E-state index in [4.69, 9.17) is 4.74 Å². The summed E-state index contributed by atoms with van der Waals surface area (Å²) in [5.41, 5.74) is 0. The highest BCUT2D eigenvalue weighted by Crippen LogP contribution is 2.27. The third-order valence-corrected chi connectivity index (χ3v) is 5.94. The summed E-state index contributed by atoms with van der Waals surface area (Å²) in [6, 6.07) is 0. The number of ether oxygens (including phenoxy) is 1. The molecule has 0 unspecified atom stereocenters. The number of likely N-dealkylation sites (tertiary alicyclic amines) is 1. The Morgan fingerprint density at radius 2 is 2.11 bits per heavy atom. The summed E-state index contributed by atoms with van der Waals surface area (Å²) >= 11 is 0. The number of nitrogens with one attached hydrogen (secondary N) is 1. The number of aryl methyl sites for hydroxylation is 1. The fourth-order valence-corrected chi connectivity index (χ4v) is 4.28. The number of piperidine rings is 1. The smallest absolute Gasteiger partial charge is 0.225 e. The molecule has 1 saturated carbocycles. The first kappa shape index (κ1) is 20.8. The Balaban J connectivity index is 1.47. The van der Waals surface area contributed by atoms with E-state index in [9.17, 15) is 9.59 Å². The highest BCUT2D eigenvalue weighted by atomic mass is 16.5. The molecular weight excluding hydrogens is 358 g/mol. The van der Waals surface area contributed by atoms with Crippen LogP contribution in [-0.2, 0) is 27.4 Å². The van der Waals surface area contributed by atoms with Gasteiger partial charge in [0.1, 0.15) is 6.33 Å². The number of aromatic nitrogens is 3. The molecule has 1 atom stereocenters. The predicted octanol–water partition coefficient (Wildman–Crippen LogP) is 1.75. The van der Waals surface area contributed by atoms with E-state index in [1.54, 1.807) is 13.4 Å². The largest absolute Gasteiger partial charge is 0.385 e. The quantitative estimate of drug-likeness (QED) is 0.648. The van der Waals surface area contributed by atoms with Crippen molar-refractivity contribution >= 4 is 11.8 Å². The maximum atomic E-state index is 12.7. The monoisotopic (exact) mass is 391 g/mol. The van der Waals surface area contributed by atoms with Crippen LogP contribution in [0.15, 0.2) is 6.33 Å². The van der Waals surface area contributed by atoms with E-state index in [-0.39, 0.29) is 17.7 Å². The first-order chi connectivity index (χ1) is 13.7. The van der Waals surface area contributed by atoms with Crippen LogP contribution < -0.4 is 5.32 Å². The zero-order chi connectivity index (χ0) is 19.8. The van der Waals surface area contributed by atoms with Gasteiger partial charge in [-0.1, -0.05) is 19.3 Å². The van der Waals surface area contributed by atoms with E-state index in [0.29, 0.717) is 38.5 Å². The zero-order valence-electron chi connectivity index (χ0n) is 16.9. The highest BCUT2D eigenvalue weighted by molar-refractivity contribution is 5.83. The fourth-order valence-electron chi connectivity index (χ4n) is 4.28. The normalized spacial score (nSPS) is 21.1. The molecule has 2 aliphatic rings. The van der Waals surface area contributed by atoms with Crippen LogP contribution in [-0.4, -0.2) is 58.3 Å². The molecule has 8 nitrogen and oxygen atoms in total. The number of rotatable bonds is 9. The second-order valence-corrected chi connectivity index (χ2v) is 8.04. The van der Waals surface area contributed by atoms with Gasteiger partial charge in [0.25, 0.3) is 0 Å². The van der Waals surface area contributed by atoms with E-state index < -0.39 is 0 Å². The molecule has 1 aliphatic carbocycles. The van der Waals surface area contributed by atoms with Gasteiger partial charge in [0.2, 0.25) is 11.8 Å². The minimum Gasteiger partial charge on any atom is -0.385 e. The van der Waals surface area contributed by atoms with Gasteiger partial charge in [0.05, 0.1) is 12.5 Å². The molecule has 0 radical (unpaired) electrons. The Bertz CT molecular complexity index is 642. The summed E-state index contributed by atoms with van der Waals surface area (Å²) < 4.78 is 7.02. The number of hydrogen-bond donors (Lipinski definition) is 1. The first-order valence-electron chi connectivity index (χ1n) is 10.6. The number of amides is 2. The molecular formula is C20H33N5O3. The molecule has 2 fully saturated rings. The molecule has 0 spiro atoms. The van der Waals surface area contributed by atoms with Crippen LogP contribution in [0.1, 0.15) is 57.2 Å². The van der Waals surface area contributed by atoms with Crippen LogP contribution >= 0.6 is 0 Å². The maximum Gasteiger partial charge on any atom is 0.225 e. The lowest BCUT2D eigenvalue weighted by Crippen LogP contribution is -2.47. The summed E-state index contributed by atoms with van der Waals surface area (Å²) in [7, 11) is 1.68. The molecule has 0 aromatic carbocycles. The van der Waals surface area contributed by atoms with Gasteiger partial charge < -0.3 is 19.5 Å². The number of hydrogen-bond acceptors (Lipinski definition) is 5. The molecule has 28 heavy (non-hydrogen) atoms. The summed E-state index contributed by atoms with van der Waals surface area (Å²) in [6.45, 7) is 3.16. The van der Waals surface area contributed by atoms with Crippen LogP contribution in [0.3, 0.4) is 0 Å². The zero-order valence-corrected chi connectivity index (χ0v) is 16.9. The molecule has 1 N–H and O–H groups in total. The Morgan fingerprint density at radius 1 is 1.29 bits per heavy atom. The Kier molecular flexibility index (Phi) is 7.82. The van der Waals surface area contributed by atoms with Crippen LogP contribution in [0, 0.1) is 11.8 Å². The minimum absolute atomic E-state index is 0.00702. The molecule has 1 aromatic heterocycles. The van der Waals surface area contributed by atoms with Crippen LogP contribution in [0.5, 0.6) is 0 Å². The van der Waals surface area contributed by atoms with Crippen LogP contribution in [0.25, 0.3) is 0 Å². The van der Waals surface area contributed by atoms with Crippen molar-refractivity contribution in [3.05, 3.63) is 12.2 Å². The molecule has 2 amide bonds. The van der Waals surface area contributed by atoms with Crippen molar-refractivity contribution in [3.8, 4) is 0 Å². The summed E-state index contributed by atoms with van der Waals surface area (Å²) in [5, 5.41) is 11.0. The van der Waals surface area contributed by atoms with E-state index >= 15 is 0 Å². The van der Waals surface area contributed by atoms with Gasteiger partial charge in [-0.05, 0) is 31.6 Å². The van der Waals surface area contributed by atoms with Gasteiger partial charge in [-0.25, -0.2) is 0 Å². The number of methoxy groups -OCH3 is 1. The van der Waals surface area contributed by atoms with Crippen LogP contribution in [0.2, 0.25) is 0 Å². The average Bonchev–Trinajstić information content (AvgIpc) is 3.16. The van der Waals surface area contributed by atoms with Gasteiger partial charge in [-0.15, -0.1) is 10.2 Å². The molecule has 0 bridgehead atoms. The van der Waals surface area contributed by atoms with Crippen molar-refractivity contribution in [2.24, 2.45) is 11.8 Å². The van der Waals surface area contributed by atoms with E-state index in [1.807, 2.05) is 9.47 Å². The van der Waals surface area contributed by atoms with Crippen molar-refractivity contribution in [2.45, 2.75) is 64.5 Å². The summed E-state index contributed by atoms with van der Waals surface area (Å²) in [6.07, 6.45) is 9.91. The standard InChI is InChI=1S/C20H33N5O3/c1-28-11-5-10-24-15-22-23-18(24)12-21-20(27)17-8-9-19(26)25(14-17)13-16-6-3-2-4-7-16/h15-17H,2-14H2,1H3,(H,21,27)/t17-/m0/s1. The first-order valence-corrected chi connectivity index (χ1v) is 10.6. The predicted molar refractivity (Wildman–Crippen MR) is 104 cm³/mol. The molecule has 8 heteroatoms. The molecule has 156 valence electrons. The third-order valence-electron chi connectivity index (χ3n) is 5.94. The SMILES string of the molecule is COCCCn1cnnc1CNC(=O)[C@H]1CCC(=O)N(CC2CCCCC2)C1. The number of nitrogens with zero attached hydrogens (tertiary/aromatic N) is 4. The van der Waals surface area contributed by atoms with Gasteiger partial charge >= 0.3 is 0 Å². The number of carbonyl (C=O) groups is 2. The van der Waals surface area contributed by atoms with Gasteiger partial charge in [-0.3, -0.25) is 9.59 Å². The number of carbonyl (C=O) groups excluding carboxylic acids is 2. The summed E-state index contributed by atoms with van der Waals surface area (Å²) in [5.74, 6) is 1.42. The van der Waals surface area contributed by atoms with E-state index in [1.165, 1.54) is 32.1 Å². The minimum atomic E-state index is -0.133. The maximum absolute atomic E-state index is 12.7. The topological polar surface area (TPSA) is 89.3 Å². The van der Waals surface area contributed by atoms with Crippen molar-refractivity contribution in [1.82, 2.24) is 25.0 Å². The third kappa shape index (κ3) is 5.77. The molecule has 2 heterocycles. The van der Waals surface area contributed by atoms with Gasteiger partial charge in [0.15, 0.2) is 5.82 Å². The Hall–Kier alpha value is -1.96. The van der Waals surface area contributed by atoms with E-state index in [2.05, 4.69) is 15.5 Å².